The molecular weight excluding hydrogens is 321 g/mol. The summed E-state index contributed by atoms with van der Waals surface area (Å²) in [6, 6.07) is 5.54. The first-order chi connectivity index (χ1) is 9.55. The Morgan fingerprint density at radius 2 is 2.05 bits per heavy atom. The molecule has 110 valence electrons. The molecule has 0 spiro atoms. The number of benzene rings is 1. The van der Waals surface area contributed by atoms with E-state index in [-0.39, 0.29) is 5.82 Å². The van der Waals surface area contributed by atoms with E-state index in [0.29, 0.717) is 22.4 Å². The third-order valence-corrected chi connectivity index (χ3v) is 4.54. The fourth-order valence-electron chi connectivity index (χ4n) is 2.55. The summed E-state index contributed by atoms with van der Waals surface area (Å²) < 4.78 is 13.7. The molecule has 0 saturated heterocycles. The summed E-state index contributed by atoms with van der Waals surface area (Å²) in [5, 5.41) is 0. The summed E-state index contributed by atoms with van der Waals surface area (Å²) in [6.07, 6.45) is 1.97. The fourth-order valence-corrected chi connectivity index (χ4v) is 2.94. The van der Waals surface area contributed by atoms with Gasteiger partial charge in [-0.1, -0.05) is 6.07 Å². The topological polar surface area (TPSA) is 41.6 Å². The predicted molar refractivity (Wildman–Crippen MR) is 84.4 cm³/mol. The van der Waals surface area contributed by atoms with E-state index < -0.39 is 0 Å². The van der Waals surface area contributed by atoms with Gasteiger partial charge >= 0.3 is 0 Å². The van der Waals surface area contributed by atoms with Crippen LogP contribution in [0.25, 0.3) is 0 Å². The van der Waals surface area contributed by atoms with Gasteiger partial charge in [0.25, 0.3) is 0 Å². The summed E-state index contributed by atoms with van der Waals surface area (Å²) >= 11 is 3.23. The van der Waals surface area contributed by atoms with Crippen molar-refractivity contribution in [1.82, 2.24) is 4.90 Å². The van der Waals surface area contributed by atoms with Crippen LogP contribution in [-0.2, 0) is 0 Å². The van der Waals surface area contributed by atoms with Gasteiger partial charge in [0, 0.05) is 13.1 Å². The molecule has 2 rings (SSSR count). The Hall–Kier alpha value is -1.10. The number of nitrogens with two attached hydrogens (primary N) is 1. The Bertz CT molecular complexity index is 494. The summed E-state index contributed by atoms with van der Waals surface area (Å²) in [6.45, 7) is 5.91. The Morgan fingerprint density at radius 1 is 1.40 bits per heavy atom. The maximum Gasteiger partial charge on any atom is 0.191 e. The van der Waals surface area contributed by atoms with E-state index in [4.69, 9.17) is 5.73 Å². The lowest BCUT2D eigenvalue weighted by Crippen LogP contribution is -2.39. The Labute approximate surface area is 128 Å². The molecule has 0 aliphatic heterocycles. The van der Waals surface area contributed by atoms with Crippen LogP contribution in [0, 0.1) is 5.82 Å². The van der Waals surface area contributed by atoms with Gasteiger partial charge in [0.2, 0.25) is 0 Å². The van der Waals surface area contributed by atoms with E-state index in [1.807, 2.05) is 12.1 Å². The third-order valence-electron chi connectivity index (χ3n) is 3.93. The Kier molecular flexibility index (Phi) is 5.02. The molecule has 2 N–H and O–H groups in total. The summed E-state index contributed by atoms with van der Waals surface area (Å²) in [4.78, 5) is 6.63. The first kappa shape index (κ1) is 15.3. The normalized spacial score (nSPS) is 22.5. The number of rotatable bonds is 4. The molecule has 5 heteroatoms. The number of nitrogens with zero attached hydrogens (tertiary/aromatic N) is 2. The van der Waals surface area contributed by atoms with Crippen LogP contribution in [0.2, 0.25) is 0 Å². The third kappa shape index (κ3) is 3.32. The van der Waals surface area contributed by atoms with Crippen LogP contribution < -0.4 is 5.73 Å². The molecule has 1 aromatic carbocycles. The Balaban J connectivity index is 1.94. The molecule has 0 radical (unpaired) electrons. The lowest BCUT2D eigenvalue weighted by atomic mass is 9.76. The van der Waals surface area contributed by atoms with Crippen LogP contribution in [0.15, 0.2) is 27.7 Å². The zero-order valence-electron chi connectivity index (χ0n) is 11.9. The number of halogens is 2. The highest BCUT2D eigenvalue weighted by Crippen LogP contribution is 2.39. The molecule has 1 aromatic rings. The summed E-state index contributed by atoms with van der Waals surface area (Å²) in [5.41, 5.74) is 7.17. The minimum Gasteiger partial charge on any atom is -0.370 e. The van der Waals surface area contributed by atoms with Crippen LogP contribution in [-0.4, -0.2) is 30.0 Å². The molecule has 20 heavy (non-hydrogen) atoms. The number of hydrogen-bond acceptors (Lipinski definition) is 1. The average Bonchev–Trinajstić information content (AvgIpc) is 2.38. The number of hydrogen-bond donors (Lipinski definition) is 1. The molecule has 1 saturated carbocycles. The second-order valence-corrected chi connectivity index (χ2v) is 6.01. The quantitative estimate of drug-likeness (QED) is 0.672. The molecule has 1 fully saturated rings. The molecule has 1 aliphatic carbocycles. The van der Waals surface area contributed by atoms with Crippen LogP contribution in [0.5, 0.6) is 0 Å². The molecule has 0 amide bonds. The van der Waals surface area contributed by atoms with Crippen molar-refractivity contribution in [3.05, 3.63) is 34.1 Å². The van der Waals surface area contributed by atoms with Gasteiger partial charge in [-0.25, -0.2) is 9.38 Å². The highest BCUT2D eigenvalue weighted by Gasteiger charge is 2.30. The number of aliphatic imine (C=N–C) groups is 1. The van der Waals surface area contributed by atoms with Gasteiger partial charge in [0.1, 0.15) is 5.82 Å². The maximum atomic E-state index is 13.2. The molecule has 0 atom stereocenters. The van der Waals surface area contributed by atoms with Gasteiger partial charge < -0.3 is 10.6 Å². The molecule has 1 aliphatic rings. The second-order valence-electron chi connectivity index (χ2n) is 5.16. The first-order valence-electron chi connectivity index (χ1n) is 7.08. The zero-order valence-corrected chi connectivity index (χ0v) is 13.5. The molecule has 0 heterocycles. The van der Waals surface area contributed by atoms with Crippen molar-refractivity contribution in [1.29, 1.82) is 0 Å². The standard InChI is InChI=1S/C15H21BrFN3/c1-3-20(4-2)15(18)19-12-7-11(8-12)10-5-6-14(17)13(16)9-10/h5-6,9,11-12H,3-4,7-8H2,1-2H3,(H2,18,19). The van der Waals surface area contributed by atoms with Crippen molar-refractivity contribution in [2.24, 2.45) is 10.7 Å². The lowest BCUT2D eigenvalue weighted by molar-refractivity contribution is 0.345. The minimum absolute atomic E-state index is 0.214. The predicted octanol–water partition coefficient (Wildman–Crippen LogP) is 3.49. The second kappa shape index (κ2) is 6.57. The van der Waals surface area contributed by atoms with E-state index in [9.17, 15) is 4.39 Å². The SMILES string of the molecule is CCN(CC)C(N)=NC1CC(c2ccc(F)c(Br)c2)C1. The average molecular weight is 342 g/mol. The van der Waals surface area contributed by atoms with Crippen LogP contribution >= 0.6 is 15.9 Å². The van der Waals surface area contributed by atoms with Gasteiger partial charge in [-0.2, -0.15) is 0 Å². The van der Waals surface area contributed by atoms with Crippen LogP contribution in [0.4, 0.5) is 4.39 Å². The zero-order chi connectivity index (χ0) is 14.7. The van der Waals surface area contributed by atoms with E-state index in [1.54, 1.807) is 0 Å². The van der Waals surface area contributed by atoms with Gasteiger partial charge in [-0.3, -0.25) is 0 Å². The molecule has 0 aromatic heterocycles. The van der Waals surface area contributed by atoms with Crippen molar-refractivity contribution < 1.29 is 4.39 Å². The van der Waals surface area contributed by atoms with Crippen molar-refractivity contribution in [3.8, 4) is 0 Å². The summed E-state index contributed by atoms with van der Waals surface area (Å²) in [5.74, 6) is 0.886. The first-order valence-corrected chi connectivity index (χ1v) is 7.87. The van der Waals surface area contributed by atoms with Gasteiger partial charge in [0.15, 0.2) is 5.96 Å². The molecule has 3 nitrogen and oxygen atoms in total. The number of guanidine groups is 1. The van der Waals surface area contributed by atoms with Gasteiger partial charge in [-0.15, -0.1) is 0 Å². The van der Waals surface area contributed by atoms with Crippen LogP contribution in [0.1, 0.15) is 38.2 Å². The monoisotopic (exact) mass is 341 g/mol. The Morgan fingerprint density at radius 3 is 2.60 bits per heavy atom. The van der Waals surface area contributed by atoms with Gasteiger partial charge in [-0.05, 0) is 66.2 Å². The smallest absolute Gasteiger partial charge is 0.191 e. The van der Waals surface area contributed by atoms with Crippen molar-refractivity contribution in [2.75, 3.05) is 13.1 Å². The van der Waals surface area contributed by atoms with Gasteiger partial charge in [0.05, 0.1) is 10.5 Å². The van der Waals surface area contributed by atoms with Crippen LogP contribution in [0.3, 0.4) is 0 Å². The largest absolute Gasteiger partial charge is 0.370 e. The van der Waals surface area contributed by atoms with E-state index in [2.05, 4.69) is 39.7 Å². The minimum atomic E-state index is -0.214. The lowest BCUT2D eigenvalue weighted by Gasteiger charge is -2.34. The highest BCUT2D eigenvalue weighted by molar-refractivity contribution is 9.10. The maximum absolute atomic E-state index is 13.2. The van der Waals surface area contributed by atoms with E-state index >= 15 is 0 Å². The molecular formula is C15H21BrFN3. The highest BCUT2D eigenvalue weighted by atomic mass is 79.9. The van der Waals surface area contributed by atoms with E-state index in [1.165, 1.54) is 11.6 Å². The van der Waals surface area contributed by atoms with E-state index in [0.717, 1.165) is 25.9 Å². The van der Waals surface area contributed by atoms with Crippen molar-refractivity contribution in [3.63, 3.8) is 0 Å². The fraction of sp³-hybridized carbons (Fsp3) is 0.533. The summed E-state index contributed by atoms with van der Waals surface area (Å²) in [7, 11) is 0. The van der Waals surface area contributed by atoms with Crippen molar-refractivity contribution in [2.45, 2.75) is 38.6 Å². The molecule has 0 unspecified atom stereocenters. The molecule has 0 bridgehead atoms. The van der Waals surface area contributed by atoms with Crippen molar-refractivity contribution >= 4 is 21.9 Å².